The Kier molecular flexibility index (Phi) is 6.08. The Morgan fingerprint density at radius 2 is 2.05 bits per heavy atom. The molecule has 6 heteroatoms. The predicted octanol–water partition coefficient (Wildman–Crippen LogP) is 2.29. The van der Waals surface area contributed by atoms with Gasteiger partial charge in [0.2, 0.25) is 0 Å². The molecule has 0 saturated heterocycles. The van der Waals surface area contributed by atoms with E-state index in [1.165, 1.54) is 18.2 Å². The summed E-state index contributed by atoms with van der Waals surface area (Å²) in [5.74, 6) is 0.383. The fourth-order valence-corrected chi connectivity index (χ4v) is 1.77. The van der Waals surface area contributed by atoms with Crippen molar-refractivity contribution in [2.45, 2.75) is 20.3 Å². The van der Waals surface area contributed by atoms with Crippen LogP contribution >= 0.6 is 0 Å². The molecule has 1 aromatic rings. The van der Waals surface area contributed by atoms with Crippen LogP contribution in [0.4, 0.5) is 11.4 Å². The summed E-state index contributed by atoms with van der Waals surface area (Å²) in [6.45, 7) is 7.69. The number of nitrogen functional groups attached to an aromatic ring is 1. The van der Waals surface area contributed by atoms with E-state index in [1.807, 2.05) is 0 Å². The molecule has 19 heavy (non-hydrogen) atoms. The van der Waals surface area contributed by atoms with Gasteiger partial charge in [-0.05, 0) is 25.6 Å². The molecule has 0 aromatic heterocycles. The maximum atomic E-state index is 10.7. The standard InChI is InChI=1S/C13H21N3O3/c1-3-15(4-2)8-5-9-19-13-10-11(16(17)18)6-7-12(13)14/h6-7,10H,3-5,8-9,14H2,1-2H3. The average molecular weight is 267 g/mol. The monoisotopic (exact) mass is 267 g/mol. The van der Waals surface area contributed by atoms with Gasteiger partial charge in [0.05, 0.1) is 23.3 Å². The molecular weight excluding hydrogens is 246 g/mol. The molecule has 0 saturated carbocycles. The van der Waals surface area contributed by atoms with Crippen molar-refractivity contribution in [3.63, 3.8) is 0 Å². The largest absolute Gasteiger partial charge is 0.491 e. The minimum Gasteiger partial charge on any atom is -0.491 e. The fourth-order valence-electron chi connectivity index (χ4n) is 1.77. The first-order valence-corrected chi connectivity index (χ1v) is 6.47. The Hall–Kier alpha value is -1.82. The maximum Gasteiger partial charge on any atom is 0.273 e. The Morgan fingerprint density at radius 1 is 1.37 bits per heavy atom. The Balaban J connectivity index is 2.48. The second-order valence-electron chi connectivity index (χ2n) is 4.21. The zero-order valence-corrected chi connectivity index (χ0v) is 11.5. The first-order valence-electron chi connectivity index (χ1n) is 6.47. The first-order chi connectivity index (χ1) is 9.08. The van der Waals surface area contributed by atoms with Gasteiger partial charge in [0, 0.05) is 12.6 Å². The normalized spacial score (nSPS) is 10.7. The van der Waals surface area contributed by atoms with Gasteiger partial charge in [0.25, 0.3) is 5.69 Å². The van der Waals surface area contributed by atoms with Crippen LogP contribution in [0.3, 0.4) is 0 Å². The van der Waals surface area contributed by atoms with Gasteiger partial charge in [-0.2, -0.15) is 0 Å². The highest BCUT2D eigenvalue weighted by atomic mass is 16.6. The molecule has 0 aliphatic carbocycles. The smallest absolute Gasteiger partial charge is 0.273 e. The highest BCUT2D eigenvalue weighted by Crippen LogP contribution is 2.26. The lowest BCUT2D eigenvalue weighted by Crippen LogP contribution is -2.25. The van der Waals surface area contributed by atoms with Gasteiger partial charge in [-0.25, -0.2) is 0 Å². The van der Waals surface area contributed by atoms with Crippen LogP contribution in [0, 0.1) is 10.1 Å². The van der Waals surface area contributed by atoms with Gasteiger partial charge < -0.3 is 15.4 Å². The summed E-state index contributed by atoms with van der Waals surface area (Å²) in [6.07, 6.45) is 0.865. The molecule has 1 rings (SSSR count). The summed E-state index contributed by atoms with van der Waals surface area (Å²) >= 11 is 0. The molecular formula is C13H21N3O3. The van der Waals surface area contributed by atoms with E-state index >= 15 is 0 Å². The lowest BCUT2D eigenvalue weighted by molar-refractivity contribution is -0.384. The number of nitro groups is 1. The second kappa shape index (κ2) is 7.58. The summed E-state index contributed by atoms with van der Waals surface area (Å²) in [4.78, 5) is 12.5. The number of ether oxygens (including phenoxy) is 1. The minimum absolute atomic E-state index is 0.00653. The number of benzene rings is 1. The van der Waals surface area contributed by atoms with E-state index in [0.29, 0.717) is 18.0 Å². The van der Waals surface area contributed by atoms with Crippen LogP contribution in [0.2, 0.25) is 0 Å². The van der Waals surface area contributed by atoms with Crippen LogP contribution < -0.4 is 10.5 Å². The highest BCUT2D eigenvalue weighted by molar-refractivity contribution is 5.57. The summed E-state index contributed by atoms with van der Waals surface area (Å²) in [5, 5.41) is 10.7. The van der Waals surface area contributed by atoms with Crippen molar-refractivity contribution >= 4 is 11.4 Å². The van der Waals surface area contributed by atoms with Crippen molar-refractivity contribution in [3.05, 3.63) is 28.3 Å². The molecule has 0 aliphatic heterocycles. The van der Waals surface area contributed by atoms with Crippen LogP contribution in [0.5, 0.6) is 5.75 Å². The van der Waals surface area contributed by atoms with Crippen molar-refractivity contribution in [2.24, 2.45) is 0 Å². The molecule has 0 aliphatic rings. The molecule has 6 nitrogen and oxygen atoms in total. The molecule has 0 bridgehead atoms. The topological polar surface area (TPSA) is 81.6 Å². The number of hydrogen-bond donors (Lipinski definition) is 1. The minimum atomic E-state index is -0.456. The van der Waals surface area contributed by atoms with Gasteiger partial charge in [-0.1, -0.05) is 13.8 Å². The fraction of sp³-hybridized carbons (Fsp3) is 0.538. The van der Waals surface area contributed by atoms with E-state index in [0.717, 1.165) is 26.1 Å². The number of nitrogens with zero attached hydrogens (tertiary/aromatic N) is 2. The van der Waals surface area contributed by atoms with Gasteiger partial charge in [0.1, 0.15) is 5.75 Å². The van der Waals surface area contributed by atoms with Crippen LogP contribution in [-0.4, -0.2) is 36.1 Å². The van der Waals surface area contributed by atoms with Gasteiger partial charge in [-0.15, -0.1) is 0 Å². The van der Waals surface area contributed by atoms with Crippen molar-refractivity contribution in [3.8, 4) is 5.75 Å². The summed E-state index contributed by atoms with van der Waals surface area (Å²) in [5.41, 5.74) is 6.14. The Labute approximate surface area is 113 Å². The van der Waals surface area contributed by atoms with Gasteiger partial charge in [0.15, 0.2) is 0 Å². The van der Waals surface area contributed by atoms with Gasteiger partial charge in [-0.3, -0.25) is 10.1 Å². The Morgan fingerprint density at radius 3 is 2.63 bits per heavy atom. The van der Waals surface area contributed by atoms with E-state index in [1.54, 1.807) is 0 Å². The second-order valence-corrected chi connectivity index (χ2v) is 4.21. The molecule has 0 amide bonds. The summed E-state index contributed by atoms with van der Waals surface area (Å²) in [7, 11) is 0. The third-order valence-electron chi connectivity index (χ3n) is 2.98. The Bertz CT molecular complexity index is 420. The predicted molar refractivity (Wildman–Crippen MR) is 75.4 cm³/mol. The van der Waals surface area contributed by atoms with Crippen molar-refractivity contribution in [2.75, 3.05) is 32.0 Å². The summed E-state index contributed by atoms with van der Waals surface area (Å²) in [6, 6.07) is 4.24. The molecule has 0 unspecified atom stereocenters. The summed E-state index contributed by atoms with van der Waals surface area (Å²) < 4.78 is 5.51. The average Bonchev–Trinajstić information content (AvgIpc) is 2.40. The van der Waals surface area contributed by atoms with Crippen molar-refractivity contribution in [1.29, 1.82) is 0 Å². The number of hydrogen-bond acceptors (Lipinski definition) is 5. The van der Waals surface area contributed by atoms with E-state index in [9.17, 15) is 10.1 Å². The SMILES string of the molecule is CCN(CC)CCCOc1cc([N+](=O)[O-])ccc1N. The third kappa shape index (κ3) is 4.75. The van der Waals surface area contributed by atoms with Crippen LogP contribution in [0.15, 0.2) is 18.2 Å². The van der Waals surface area contributed by atoms with E-state index in [-0.39, 0.29) is 5.69 Å². The number of rotatable bonds is 8. The van der Waals surface area contributed by atoms with Crippen molar-refractivity contribution in [1.82, 2.24) is 4.90 Å². The molecule has 106 valence electrons. The van der Waals surface area contributed by atoms with Crippen LogP contribution in [-0.2, 0) is 0 Å². The molecule has 2 N–H and O–H groups in total. The van der Waals surface area contributed by atoms with Crippen LogP contribution in [0.25, 0.3) is 0 Å². The number of nitrogens with two attached hydrogens (primary N) is 1. The first kappa shape index (κ1) is 15.2. The number of anilines is 1. The lowest BCUT2D eigenvalue weighted by atomic mass is 10.2. The molecule has 0 atom stereocenters. The maximum absolute atomic E-state index is 10.7. The zero-order valence-electron chi connectivity index (χ0n) is 11.5. The zero-order chi connectivity index (χ0) is 14.3. The van der Waals surface area contributed by atoms with Crippen molar-refractivity contribution < 1.29 is 9.66 Å². The highest BCUT2D eigenvalue weighted by Gasteiger charge is 2.10. The molecule has 0 fully saturated rings. The molecule has 0 radical (unpaired) electrons. The lowest BCUT2D eigenvalue weighted by Gasteiger charge is -2.17. The van der Waals surface area contributed by atoms with Crippen LogP contribution in [0.1, 0.15) is 20.3 Å². The molecule has 0 spiro atoms. The van der Waals surface area contributed by atoms with E-state index in [2.05, 4.69) is 18.7 Å². The van der Waals surface area contributed by atoms with E-state index < -0.39 is 4.92 Å². The third-order valence-corrected chi connectivity index (χ3v) is 2.98. The molecule has 1 aromatic carbocycles. The number of nitro benzene ring substituents is 1. The van der Waals surface area contributed by atoms with Gasteiger partial charge >= 0.3 is 0 Å². The number of non-ortho nitro benzene ring substituents is 1. The molecule has 0 heterocycles. The van der Waals surface area contributed by atoms with E-state index in [4.69, 9.17) is 10.5 Å². The quantitative estimate of drug-likeness (QED) is 0.338.